The van der Waals surface area contributed by atoms with Gasteiger partial charge in [-0.05, 0) is 12.8 Å². The van der Waals surface area contributed by atoms with Gasteiger partial charge in [0.25, 0.3) is 0 Å². The summed E-state index contributed by atoms with van der Waals surface area (Å²) >= 11 is 0. The summed E-state index contributed by atoms with van der Waals surface area (Å²) in [5.41, 5.74) is -0.581. The predicted octanol–water partition coefficient (Wildman–Crippen LogP) is 2.48. The van der Waals surface area contributed by atoms with Crippen LogP contribution in [0.2, 0.25) is 0 Å². The van der Waals surface area contributed by atoms with Gasteiger partial charge in [0.15, 0.2) is 27.3 Å². The molecule has 3 saturated heterocycles. The molecule has 0 aliphatic carbocycles. The summed E-state index contributed by atoms with van der Waals surface area (Å²) in [5.74, 6) is -1.47. The van der Waals surface area contributed by atoms with Crippen molar-refractivity contribution in [3.8, 4) is 0 Å². The fraction of sp³-hybridized carbons (Fsp3) is 0.476. The van der Waals surface area contributed by atoms with Crippen LogP contribution in [0.25, 0.3) is 0 Å². The number of benzene rings is 1. The lowest BCUT2D eigenvalue weighted by Gasteiger charge is -2.47. The molecule has 1 aromatic heterocycles. The molecule has 1 aromatic carbocycles. The number of cyclic esters (lactones) is 1. The summed E-state index contributed by atoms with van der Waals surface area (Å²) in [6.07, 6.45) is -0.854. The predicted molar refractivity (Wildman–Crippen MR) is 118 cm³/mol. The normalized spacial score (nSPS) is 22.7. The van der Waals surface area contributed by atoms with Crippen molar-refractivity contribution in [3.63, 3.8) is 0 Å². The quantitative estimate of drug-likeness (QED) is 0.641. The minimum absolute atomic E-state index is 0.0104. The van der Waals surface area contributed by atoms with E-state index < -0.39 is 39.8 Å². The minimum atomic E-state index is -3.00. The lowest BCUT2D eigenvalue weighted by molar-refractivity contribution is 0.141. The Kier molecular flexibility index (Phi) is 5.57. The average Bonchev–Trinajstić information content (AvgIpc) is 3.41. The molecular formula is C21H22F2N4O7S. The van der Waals surface area contributed by atoms with Crippen molar-refractivity contribution >= 4 is 39.2 Å². The van der Waals surface area contributed by atoms with Crippen LogP contribution >= 0.6 is 0 Å². The summed E-state index contributed by atoms with van der Waals surface area (Å²) in [5, 5.41) is 13.0. The largest absolute Gasteiger partial charge is 0.465 e. The van der Waals surface area contributed by atoms with Crippen LogP contribution in [0.15, 0.2) is 29.0 Å². The van der Waals surface area contributed by atoms with Crippen LogP contribution in [0.1, 0.15) is 12.8 Å². The Morgan fingerprint density at radius 2 is 1.89 bits per heavy atom. The molecule has 3 fully saturated rings. The number of sulfone groups is 1. The Bertz CT molecular complexity index is 1230. The van der Waals surface area contributed by atoms with Gasteiger partial charge in [-0.3, -0.25) is 9.80 Å². The van der Waals surface area contributed by atoms with Gasteiger partial charge in [-0.2, -0.15) is 0 Å². The number of aromatic nitrogens is 1. The lowest BCUT2D eigenvalue weighted by Crippen LogP contribution is -2.54. The number of hydrogen-bond donors (Lipinski definition) is 1. The monoisotopic (exact) mass is 512 g/mol. The van der Waals surface area contributed by atoms with Gasteiger partial charge in [0, 0.05) is 36.7 Å². The van der Waals surface area contributed by atoms with E-state index in [4.69, 9.17) is 4.74 Å². The molecule has 5 rings (SSSR count). The van der Waals surface area contributed by atoms with Crippen molar-refractivity contribution < 1.29 is 41.2 Å². The maximum Gasteiger partial charge on any atom is 0.414 e. The number of nitrogens with zero attached hydrogens (tertiary/aromatic N) is 4. The number of carbonyl (C=O) groups excluding carboxylic acids is 1. The molecular weight excluding hydrogens is 490 g/mol. The Morgan fingerprint density at radius 3 is 2.43 bits per heavy atom. The van der Waals surface area contributed by atoms with Crippen molar-refractivity contribution in [1.82, 2.24) is 5.16 Å². The molecule has 3 aliphatic rings. The molecule has 188 valence electrons. The molecule has 2 aromatic rings. The molecule has 11 nitrogen and oxygen atoms in total. The third-order valence-corrected chi connectivity index (χ3v) is 8.80. The number of anilines is 3. The first-order valence-electron chi connectivity index (χ1n) is 10.9. The molecule has 1 atom stereocenters. The molecule has 0 radical (unpaired) electrons. The van der Waals surface area contributed by atoms with Crippen molar-refractivity contribution in [3.05, 3.63) is 36.1 Å². The second kappa shape index (κ2) is 8.36. The highest BCUT2D eigenvalue weighted by Crippen LogP contribution is 2.44. The van der Waals surface area contributed by atoms with Gasteiger partial charge >= 0.3 is 12.2 Å². The minimum Gasteiger partial charge on any atom is -0.465 e. The number of amides is 2. The zero-order valence-electron chi connectivity index (χ0n) is 18.4. The zero-order chi connectivity index (χ0) is 25.0. The number of halogens is 2. The average molecular weight is 512 g/mol. The molecule has 3 aliphatic heterocycles. The molecule has 1 spiro atoms. The Morgan fingerprint density at radius 1 is 1.23 bits per heavy atom. The summed E-state index contributed by atoms with van der Waals surface area (Å²) in [6.45, 7) is 0.269. The lowest BCUT2D eigenvalue weighted by atomic mass is 9.81. The number of rotatable bonds is 5. The van der Waals surface area contributed by atoms with E-state index in [2.05, 4.69) is 9.68 Å². The zero-order valence-corrected chi connectivity index (χ0v) is 19.2. The summed E-state index contributed by atoms with van der Waals surface area (Å²) in [4.78, 5) is 27.4. The SMILES string of the molecule is O=C1OC(CN(C(=O)O)c2ccon2)CN1c1cc(F)c(N2CCC3(CC2)CS(=O)(=O)C3)c(F)c1. The van der Waals surface area contributed by atoms with E-state index in [0.717, 1.165) is 21.9 Å². The Hall–Kier alpha value is -3.42. The van der Waals surface area contributed by atoms with Gasteiger partial charge in [-0.1, -0.05) is 5.16 Å². The third-order valence-electron chi connectivity index (χ3n) is 6.70. The van der Waals surface area contributed by atoms with Crippen molar-refractivity contribution in [2.75, 3.05) is 52.4 Å². The van der Waals surface area contributed by atoms with Crippen LogP contribution < -0.4 is 14.7 Å². The molecule has 35 heavy (non-hydrogen) atoms. The first kappa shape index (κ1) is 23.3. The fourth-order valence-corrected chi connectivity index (χ4v) is 7.40. The van der Waals surface area contributed by atoms with E-state index in [1.165, 1.54) is 12.3 Å². The number of carbonyl (C=O) groups is 2. The maximum atomic E-state index is 15.0. The van der Waals surface area contributed by atoms with Gasteiger partial charge in [0.05, 0.1) is 30.3 Å². The Balaban J connectivity index is 1.28. The van der Waals surface area contributed by atoms with Crippen LogP contribution in [0.4, 0.5) is 35.6 Å². The molecule has 2 amide bonds. The van der Waals surface area contributed by atoms with Crippen LogP contribution in [0, 0.1) is 17.0 Å². The van der Waals surface area contributed by atoms with Gasteiger partial charge in [0.1, 0.15) is 18.1 Å². The van der Waals surface area contributed by atoms with Gasteiger partial charge in [-0.25, -0.2) is 26.8 Å². The van der Waals surface area contributed by atoms with E-state index in [0.29, 0.717) is 25.9 Å². The summed E-state index contributed by atoms with van der Waals surface area (Å²) in [7, 11) is -3.00. The highest BCUT2D eigenvalue weighted by Gasteiger charge is 2.50. The first-order valence-corrected chi connectivity index (χ1v) is 12.7. The number of ether oxygens (including phenoxy) is 1. The van der Waals surface area contributed by atoms with Gasteiger partial charge in [0.2, 0.25) is 0 Å². The molecule has 1 unspecified atom stereocenters. The van der Waals surface area contributed by atoms with Crippen molar-refractivity contribution in [2.24, 2.45) is 5.41 Å². The van der Waals surface area contributed by atoms with Gasteiger partial charge < -0.3 is 19.3 Å². The van der Waals surface area contributed by atoms with E-state index in [9.17, 15) is 23.1 Å². The second-order valence-electron chi connectivity index (χ2n) is 9.14. The molecule has 0 saturated carbocycles. The summed E-state index contributed by atoms with van der Waals surface area (Å²) < 4.78 is 63.1. The highest BCUT2D eigenvalue weighted by atomic mass is 32.2. The number of piperidine rings is 1. The van der Waals surface area contributed by atoms with E-state index in [1.54, 1.807) is 4.90 Å². The molecule has 1 N–H and O–H groups in total. The van der Waals surface area contributed by atoms with Crippen molar-refractivity contribution in [1.29, 1.82) is 0 Å². The summed E-state index contributed by atoms with van der Waals surface area (Å²) in [6, 6.07) is 3.40. The fourth-order valence-electron chi connectivity index (χ4n) is 5.04. The second-order valence-corrected chi connectivity index (χ2v) is 11.2. The smallest absolute Gasteiger partial charge is 0.414 e. The van der Waals surface area contributed by atoms with Crippen LogP contribution in [0.5, 0.6) is 0 Å². The van der Waals surface area contributed by atoms with E-state index in [1.807, 2.05) is 0 Å². The number of carboxylic acid groups (broad SMARTS) is 1. The number of hydrogen-bond acceptors (Lipinski definition) is 8. The molecule has 4 heterocycles. The maximum absolute atomic E-state index is 15.0. The highest BCUT2D eigenvalue weighted by molar-refractivity contribution is 7.92. The molecule has 14 heteroatoms. The standard InChI is InChI=1S/C21H22F2N4O7S/c22-15-7-13(8-16(23)18(15)25-4-2-21(3-5-25)11-35(31,32)12-21)26-9-14(34-20(26)30)10-27(19(28)29)17-1-6-33-24-17/h1,6-8,14H,2-5,9-12H2,(H,28,29). The first-order chi connectivity index (χ1) is 16.6. The van der Waals surface area contributed by atoms with Crippen LogP contribution in [0.3, 0.4) is 0 Å². The van der Waals surface area contributed by atoms with E-state index >= 15 is 8.78 Å². The van der Waals surface area contributed by atoms with Crippen LogP contribution in [-0.4, -0.2) is 74.7 Å². The van der Waals surface area contributed by atoms with Crippen molar-refractivity contribution in [2.45, 2.75) is 18.9 Å². The van der Waals surface area contributed by atoms with Crippen LogP contribution in [-0.2, 0) is 14.6 Å². The van der Waals surface area contributed by atoms with Gasteiger partial charge in [-0.15, -0.1) is 0 Å². The van der Waals surface area contributed by atoms with E-state index in [-0.39, 0.29) is 47.2 Å². The third kappa shape index (κ3) is 4.37. The molecule has 0 bridgehead atoms. The topological polar surface area (TPSA) is 133 Å². The Labute approximate surface area is 198 Å².